The fraction of sp³-hybridized carbons (Fsp3) is 0.857. The van der Waals surface area contributed by atoms with Crippen LogP contribution in [0.4, 0.5) is 0 Å². The number of hydrogen-bond acceptors (Lipinski definition) is 3. The van der Waals surface area contributed by atoms with Gasteiger partial charge in [0.2, 0.25) is 11.8 Å². The van der Waals surface area contributed by atoms with Gasteiger partial charge in [0.25, 0.3) is 0 Å². The molecule has 3 N–H and O–H groups in total. The van der Waals surface area contributed by atoms with Gasteiger partial charge in [-0.15, -0.1) is 0 Å². The third-order valence-electron chi connectivity index (χ3n) is 4.33. The molecule has 0 bridgehead atoms. The van der Waals surface area contributed by atoms with Crippen LogP contribution in [0.5, 0.6) is 0 Å². The lowest BCUT2D eigenvalue weighted by Gasteiger charge is -2.31. The second-order valence-corrected chi connectivity index (χ2v) is 5.83. The molecule has 1 unspecified atom stereocenters. The number of carbonyl (C=O) groups excluding carboxylic acids is 2. The Bertz CT molecular complexity index is 323. The van der Waals surface area contributed by atoms with Crippen molar-refractivity contribution < 1.29 is 9.59 Å². The van der Waals surface area contributed by atoms with E-state index in [9.17, 15) is 9.59 Å². The molecule has 1 saturated heterocycles. The van der Waals surface area contributed by atoms with E-state index < -0.39 is 0 Å². The van der Waals surface area contributed by atoms with E-state index in [0.717, 1.165) is 25.9 Å². The van der Waals surface area contributed by atoms with Crippen LogP contribution in [0.15, 0.2) is 0 Å². The topological polar surface area (TPSA) is 70.2 Å². The van der Waals surface area contributed by atoms with Gasteiger partial charge in [-0.2, -0.15) is 0 Å². The summed E-state index contributed by atoms with van der Waals surface area (Å²) in [5.41, 5.74) is 0. The maximum absolute atomic E-state index is 11.9. The van der Waals surface area contributed by atoms with E-state index in [4.69, 9.17) is 0 Å². The van der Waals surface area contributed by atoms with Gasteiger partial charge in [0.1, 0.15) is 0 Å². The van der Waals surface area contributed by atoms with Gasteiger partial charge in [0.15, 0.2) is 0 Å². The normalized spacial score (nSPS) is 22.4. The van der Waals surface area contributed by atoms with Crippen molar-refractivity contribution in [3.05, 3.63) is 0 Å². The van der Waals surface area contributed by atoms with Gasteiger partial charge in [-0.1, -0.05) is 26.2 Å². The van der Waals surface area contributed by atoms with Crippen molar-refractivity contribution in [3.8, 4) is 0 Å². The van der Waals surface area contributed by atoms with Gasteiger partial charge in [-0.25, -0.2) is 0 Å². The van der Waals surface area contributed by atoms with Crippen molar-refractivity contribution in [2.24, 2.45) is 11.8 Å². The third-order valence-corrected chi connectivity index (χ3v) is 4.33. The maximum atomic E-state index is 11.9. The van der Waals surface area contributed by atoms with Crippen molar-refractivity contribution >= 4 is 11.8 Å². The summed E-state index contributed by atoms with van der Waals surface area (Å²) in [5.74, 6) is 0.342. The van der Waals surface area contributed by atoms with Crippen molar-refractivity contribution in [1.29, 1.82) is 0 Å². The molecule has 19 heavy (non-hydrogen) atoms. The van der Waals surface area contributed by atoms with E-state index in [1.54, 1.807) is 0 Å². The molecule has 1 saturated carbocycles. The first-order chi connectivity index (χ1) is 9.16. The summed E-state index contributed by atoms with van der Waals surface area (Å²) in [6, 6.07) is 0.311. The molecule has 0 radical (unpaired) electrons. The van der Waals surface area contributed by atoms with Crippen LogP contribution in [0.25, 0.3) is 0 Å². The van der Waals surface area contributed by atoms with Gasteiger partial charge in [0, 0.05) is 12.0 Å². The summed E-state index contributed by atoms with van der Waals surface area (Å²) >= 11 is 0. The Labute approximate surface area is 114 Å². The Morgan fingerprint density at radius 3 is 2.47 bits per heavy atom. The van der Waals surface area contributed by atoms with Crippen molar-refractivity contribution in [2.45, 2.75) is 45.1 Å². The fourth-order valence-electron chi connectivity index (χ4n) is 2.73. The standard InChI is InChI=1S/C14H25N3O2/c1-10(11-7-15-8-11)14(19)16-9-13(18)17-12-5-3-2-4-6-12/h10-12,15H,2-9H2,1H3,(H,16,19)(H,17,18). The Kier molecular flexibility index (Phi) is 5.19. The molecule has 2 amide bonds. The second kappa shape index (κ2) is 6.89. The number of amides is 2. The van der Waals surface area contributed by atoms with Crippen LogP contribution in [-0.4, -0.2) is 37.5 Å². The average Bonchev–Trinajstić information content (AvgIpc) is 2.35. The lowest BCUT2D eigenvalue weighted by molar-refractivity contribution is -0.130. The van der Waals surface area contributed by atoms with Crippen LogP contribution in [0, 0.1) is 11.8 Å². The van der Waals surface area contributed by atoms with Crippen LogP contribution in [0.2, 0.25) is 0 Å². The molecule has 2 fully saturated rings. The number of rotatable bonds is 5. The zero-order valence-corrected chi connectivity index (χ0v) is 11.7. The molecule has 0 aromatic heterocycles. The van der Waals surface area contributed by atoms with Gasteiger partial charge >= 0.3 is 0 Å². The largest absolute Gasteiger partial charge is 0.352 e. The molecule has 0 spiro atoms. The van der Waals surface area contributed by atoms with Crippen molar-refractivity contribution in [3.63, 3.8) is 0 Å². The smallest absolute Gasteiger partial charge is 0.239 e. The number of hydrogen-bond donors (Lipinski definition) is 3. The molecule has 1 atom stereocenters. The second-order valence-electron chi connectivity index (χ2n) is 5.83. The SMILES string of the molecule is CC(C(=O)NCC(=O)NC1CCCCC1)C1CNC1. The van der Waals surface area contributed by atoms with Crippen LogP contribution >= 0.6 is 0 Å². The summed E-state index contributed by atoms with van der Waals surface area (Å²) in [4.78, 5) is 23.6. The lowest BCUT2D eigenvalue weighted by Crippen LogP contribution is -2.51. The fourth-order valence-corrected chi connectivity index (χ4v) is 2.73. The first-order valence-electron chi connectivity index (χ1n) is 7.44. The Morgan fingerprint density at radius 2 is 1.89 bits per heavy atom. The minimum absolute atomic E-state index is 0.00899. The molecule has 1 heterocycles. The van der Waals surface area contributed by atoms with Crippen LogP contribution in [0.1, 0.15) is 39.0 Å². The van der Waals surface area contributed by atoms with Gasteiger partial charge < -0.3 is 16.0 Å². The predicted octanol–water partition coefficient (Wildman–Crippen LogP) is 0.407. The monoisotopic (exact) mass is 267 g/mol. The molecule has 5 heteroatoms. The first-order valence-corrected chi connectivity index (χ1v) is 7.44. The molecule has 108 valence electrons. The molecule has 0 aromatic carbocycles. The molecule has 5 nitrogen and oxygen atoms in total. The highest BCUT2D eigenvalue weighted by atomic mass is 16.2. The third kappa shape index (κ3) is 4.20. The van der Waals surface area contributed by atoms with Crippen molar-refractivity contribution in [1.82, 2.24) is 16.0 Å². The van der Waals surface area contributed by atoms with E-state index >= 15 is 0 Å². The molecule has 2 aliphatic rings. The summed E-state index contributed by atoms with van der Waals surface area (Å²) in [5, 5.41) is 8.90. The zero-order valence-electron chi connectivity index (χ0n) is 11.7. The first kappa shape index (κ1) is 14.3. The van der Waals surface area contributed by atoms with E-state index in [0.29, 0.717) is 12.0 Å². The van der Waals surface area contributed by atoms with Gasteiger partial charge in [0.05, 0.1) is 6.54 Å². The van der Waals surface area contributed by atoms with E-state index in [1.165, 1.54) is 19.3 Å². The molecular formula is C14H25N3O2. The molecule has 2 rings (SSSR count). The van der Waals surface area contributed by atoms with Crippen LogP contribution < -0.4 is 16.0 Å². The lowest BCUT2D eigenvalue weighted by atomic mass is 9.88. The maximum Gasteiger partial charge on any atom is 0.239 e. The summed E-state index contributed by atoms with van der Waals surface area (Å²) in [6.45, 7) is 3.85. The average molecular weight is 267 g/mol. The summed E-state index contributed by atoms with van der Waals surface area (Å²) in [7, 11) is 0. The Balaban J connectivity index is 1.63. The minimum Gasteiger partial charge on any atom is -0.352 e. The molecule has 0 aromatic rings. The quantitative estimate of drug-likeness (QED) is 0.675. The molecule has 1 aliphatic heterocycles. The minimum atomic E-state index is -0.0563. The molecular weight excluding hydrogens is 242 g/mol. The predicted molar refractivity (Wildman–Crippen MR) is 73.5 cm³/mol. The van der Waals surface area contributed by atoms with Crippen LogP contribution in [-0.2, 0) is 9.59 Å². The highest BCUT2D eigenvalue weighted by Crippen LogP contribution is 2.17. The summed E-state index contributed by atoms with van der Waals surface area (Å²) in [6.07, 6.45) is 5.82. The highest BCUT2D eigenvalue weighted by Gasteiger charge is 2.28. The number of carbonyl (C=O) groups is 2. The molecule has 1 aliphatic carbocycles. The van der Waals surface area contributed by atoms with E-state index in [2.05, 4.69) is 16.0 Å². The van der Waals surface area contributed by atoms with Gasteiger partial charge in [-0.3, -0.25) is 9.59 Å². The highest BCUT2D eigenvalue weighted by molar-refractivity contribution is 5.85. The number of nitrogens with one attached hydrogen (secondary N) is 3. The van der Waals surface area contributed by atoms with Crippen LogP contribution in [0.3, 0.4) is 0 Å². The Morgan fingerprint density at radius 1 is 1.21 bits per heavy atom. The van der Waals surface area contributed by atoms with Gasteiger partial charge in [-0.05, 0) is 31.8 Å². The van der Waals surface area contributed by atoms with E-state index in [-0.39, 0.29) is 24.3 Å². The summed E-state index contributed by atoms with van der Waals surface area (Å²) < 4.78 is 0. The van der Waals surface area contributed by atoms with Crippen molar-refractivity contribution in [2.75, 3.05) is 19.6 Å². The van der Waals surface area contributed by atoms with E-state index in [1.807, 2.05) is 6.92 Å². The zero-order chi connectivity index (χ0) is 13.7. The Hall–Kier alpha value is -1.10.